The molecule has 8 heteroatoms. The van der Waals surface area contributed by atoms with Crippen LogP contribution in [-0.4, -0.2) is 60.7 Å². The zero-order valence-electron chi connectivity index (χ0n) is 15.7. The van der Waals surface area contributed by atoms with Gasteiger partial charge in [-0.15, -0.1) is 0 Å². The van der Waals surface area contributed by atoms with Gasteiger partial charge in [-0.1, -0.05) is 18.2 Å². The molecular formula is C19H26N4O4. The number of benzene rings is 1. The number of carbonyl (C=O) groups is 4. The van der Waals surface area contributed by atoms with Gasteiger partial charge in [-0.2, -0.15) is 0 Å². The van der Waals surface area contributed by atoms with Gasteiger partial charge in [0, 0.05) is 37.7 Å². The van der Waals surface area contributed by atoms with Crippen molar-refractivity contribution in [1.29, 1.82) is 0 Å². The third-order valence-electron chi connectivity index (χ3n) is 4.34. The van der Waals surface area contributed by atoms with E-state index in [1.54, 1.807) is 35.2 Å². The third-order valence-corrected chi connectivity index (χ3v) is 4.34. The van der Waals surface area contributed by atoms with Crippen molar-refractivity contribution in [1.82, 2.24) is 20.9 Å². The van der Waals surface area contributed by atoms with Crippen LogP contribution in [0.4, 0.5) is 0 Å². The van der Waals surface area contributed by atoms with Crippen molar-refractivity contribution in [2.45, 2.75) is 26.3 Å². The molecule has 1 aliphatic heterocycles. The third kappa shape index (κ3) is 6.09. The number of likely N-dealkylation sites (tertiary alicyclic amines) is 1. The predicted octanol–water partition coefficient (Wildman–Crippen LogP) is -0.0943. The van der Waals surface area contributed by atoms with Crippen molar-refractivity contribution in [3.05, 3.63) is 35.9 Å². The van der Waals surface area contributed by atoms with Gasteiger partial charge in [0.15, 0.2) is 0 Å². The standard InChI is InChI=1S/C19H26N4O4/c1-13(2)23-12-15(10-17(23)25)19(27)21-9-8-20-16(24)11-22-18(26)14-6-4-3-5-7-14/h3-7,13,15H,8-12H2,1-2H3,(H,20,24)(H,21,27)(H,22,26). The van der Waals surface area contributed by atoms with Gasteiger partial charge in [-0.05, 0) is 26.0 Å². The molecule has 3 N–H and O–H groups in total. The Morgan fingerprint density at radius 2 is 1.74 bits per heavy atom. The first kappa shape index (κ1) is 20.4. The number of nitrogens with one attached hydrogen (secondary N) is 3. The molecule has 0 bridgehead atoms. The maximum Gasteiger partial charge on any atom is 0.251 e. The summed E-state index contributed by atoms with van der Waals surface area (Å²) < 4.78 is 0. The van der Waals surface area contributed by atoms with E-state index in [9.17, 15) is 19.2 Å². The second kappa shape index (κ2) is 9.70. The van der Waals surface area contributed by atoms with E-state index in [0.29, 0.717) is 12.1 Å². The molecular weight excluding hydrogens is 348 g/mol. The minimum atomic E-state index is -0.347. The van der Waals surface area contributed by atoms with Gasteiger partial charge in [0.2, 0.25) is 17.7 Å². The Hall–Kier alpha value is -2.90. The first-order valence-electron chi connectivity index (χ1n) is 9.05. The minimum absolute atomic E-state index is 0.00684. The summed E-state index contributed by atoms with van der Waals surface area (Å²) >= 11 is 0. The Labute approximate surface area is 158 Å². The van der Waals surface area contributed by atoms with Crippen molar-refractivity contribution in [3.8, 4) is 0 Å². The fourth-order valence-corrected chi connectivity index (χ4v) is 2.85. The van der Waals surface area contributed by atoms with E-state index >= 15 is 0 Å². The molecule has 1 aromatic carbocycles. The smallest absolute Gasteiger partial charge is 0.251 e. The monoisotopic (exact) mass is 374 g/mol. The minimum Gasteiger partial charge on any atom is -0.354 e. The molecule has 1 fully saturated rings. The second-order valence-corrected chi connectivity index (χ2v) is 6.73. The van der Waals surface area contributed by atoms with E-state index in [1.165, 1.54) is 0 Å². The lowest BCUT2D eigenvalue weighted by Gasteiger charge is -2.20. The molecule has 0 saturated carbocycles. The molecule has 8 nitrogen and oxygen atoms in total. The summed E-state index contributed by atoms with van der Waals surface area (Å²) in [6.07, 6.45) is 0.224. The van der Waals surface area contributed by atoms with Crippen LogP contribution >= 0.6 is 0 Å². The van der Waals surface area contributed by atoms with Gasteiger partial charge in [0.05, 0.1) is 12.5 Å². The molecule has 1 aromatic rings. The summed E-state index contributed by atoms with van der Waals surface area (Å²) in [6.45, 7) is 4.65. The van der Waals surface area contributed by atoms with Crippen molar-refractivity contribution >= 4 is 23.6 Å². The highest BCUT2D eigenvalue weighted by Gasteiger charge is 2.35. The lowest BCUT2D eigenvalue weighted by Crippen LogP contribution is -2.42. The van der Waals surface area contributed by atoms with Gasteiger partial charge in [0.1, 0.15) is 0 Å². The van der Waals surface area contributed by atoms with E-state index in [-0.39, 0.29) is 61.6 Å². The molecule has 1 atom stereocenters. The molecule has 4 amide bonds. The molecule has 2 rings (SSSR count). The summed E-state index contributed by atoms with van der Waals surface area (Å²) in [7, 11) is 0. The molecule has 1 saturated heterocycles. The van der Waals surface area contributed by atoms with Crippen LogP contribution in [0.5, 0.6) is 0 Å². The van der Waals surface area contributed by atoms with Gasteiger partial charge in [0.25, 0.3) is 5.91 Å². The molecule has 0 spiro atoms. The van der Waals surface area contributed by atoms with Gasteiger partial charge in [-0.3, -0.25) is 19.2 Å². The highest BCUT2D eigenvalue weighted by molar-refractivity contribution is 5.96. The number of nitrogens with zero attached hydrogens (tertiary/aromatic N) is 1. The summed E-state index contributed by atoms with van der Waals surface area (Å²) in [5.41, 5.74) is 0.485. The van der Waals surface area contributed by atoms with E-state index in [4.69, 9.17) is 0 Å². The fourth-order valence-electron chi connectivity index (χ4n) is 2.85. The maximum atomic E-state index is 12.1. The quantitative estimate of drug-likeness (QED) is 0.553. The largest absolute Gasteiger partial charge is 0.354 e. The Morgan fingerprint density at radius 1 is 1.07 bits per heavy atom. The maximum absolute atomic E-state index is 12.1. The summed E-state index contributed by atoms with van der Waals surface area (Å²) in [5, 5.41) is 7.89. The van der Waals surface area contributed by atoms with Crippen molar-refractivity contribution < 1.29 is 19.2 Å². The second-order valence-electron chi connectivity index (χ2n) is 6.73. The normalized spacial score (nSPS) is 16.3. The number of rotatable bonds is 8. The van der Waals surface area contributed by atoms with Gasteiger partial charge in [-0.25, -0.2) is 0 Å². The summed E-state index contributed by atoms with van der Waals surface area (Å²) in [6, 6.07) is 8.71. The van der Waals surface area contributed by atoms with Crippen LogP contribution in [-0.2, 0) is 14.4 Å². The number of hydrogen-bond donors (Lipinski definition) is 3. The molecule has 1 aliphatic rings. The zero-order chi connectivity index (χ0) is 19.8. The molecule has 1 unspecified atom stereocenters. The average Bonchev–Trinajstić information content (AvgIpc) is 3.06. The Balaban J connectivity index is 1.61. The van der Waals surface area contributed by atoms with E-state index in [1.807, 2.05) is 13.8 Å². The SMILES string of the molecule is CC(C)N1CC(C(=O)NCCNC(=O)CNC(=O)c2ccccc2)CC1=O. The number of hydrogen-bond acceptors (Lipinski definition) is 4. The average molecular weight is 374 g/mol. The first-order valence-corrected chi connectivity index (χ1v) is 9.05. The summed E-state index contributed by atoms with van der Waals surface area (Å²) in [5.74, 6) is -1.19. The molecule has 146 valence electrons. The highest BCUT2D eigenvalue weighted by atomic mass is 16.2. The lowest BCUT2D eigenvalue weighted by molar-refractivity contribution is -0.129. The number of amides is 4. The van der Waals surface area contributed by atoms with Crippen LogP contribution in [0.15, 0.2) is 30.3 Å². The van der Waals surface area contributed by atoms with Gasteiger partial charge >= 0.3 is 0 Å². The van der Waals surface area contributed by atoms with E-state index in [0.717, 1.165) is 0 Å². The van der Waals surface area contributed by atoms with Crippen molar-refractivity contribution in [2.24, 2.45) is 5.92 Å². The van der Waals surface area contributed by atoms with Crippen molar-refractivity contribution in [3.63, 3.8) is 0 Å². The predicted molar refractivity (Wildman–Crippen MR) is 99.8 cm³/mol. The van der Waals surface area contributed by atoms with Gasteiger partial charge < -0.3 is 20.9 Å². The summed E-state index contributed by atoms with van der Waals surface area (Å²) in [4.78, 5) is 49.2. The van der Waals surface area contributed by atoms with E-state index in [2.05, 4.69) is 16.0 Å². The zero-order valence-corrected chi connectivity index (χ0v) is 15.7. The lowest BCUT2D eigenvalue weighted by atomic mass is 10.1. The fraction of sp³-hybridized carbons (Fsp3) is 0.474. The Morgan fingerprint density at radius 3 is 2.37 bits per heavy atom. The van der Waals surface area contributed by atoms with Crippen molar-refractivity contribution in [2.75, 3.05) is 26.2 Å². The first-order chi connectivity index (χ1) is 12.9. The molecule has 0 radical (unpaired) electrons. The molecule has 27 heavy (non-hydrogen) atoms. The molecule has 0 aliphatic carbocycles. The highest BCUT2D eigenvalue weighted by Crippen LogP contribution is 2.19. The van der Waals surface area contributed by atoms with Crippen LogP contribution in [0.3, 0.4) is 0 Å². The van der Waals surface area contributed by atoms with Crippen LogP contribution in [0.1, 0.15) is 30.6 Å². The van der Waals surface area contributed by atoms with Crippen LogP contribution in [0.2, 0.25) is 0 Å². The molecule has 1 heterocycles. The van der Waals surface area contributed by atoms with E-state index < -0.39 is 0 Å². The number of carbonyl (C=O) groups excluding carboxylic acids is 4. The molecule has 0 aromatic heterocycles. The Kier molecular flexibility index (Phi) is 7.34. The van der Waals surface area contributed by atoms with Crippen LogP contribution < -0.4 is 16.0 Å². The van der Waals surface area contributed by atoms with Crippen LogP contribution in [0, 0.1) is 5.92 Å². The van der Waals surface area contributed by atoms with Crippen LogP contribution in [0.25, 0.3) is 0 Å². The topological polar surface area (TPSA) is 108 Å². The Bertz CT molecular complexity index is 690.